The lowest BCUT2D eigenvalue weighted by atomic mass is 9.70. The van der Waals surface area contributed by atoms with Crippen LogP contribution in [-0.2, 0) is 11.2 Å². The minimum absolute atomic E-state index is 0.0717. The van der Waals surface area contributed by atoms with Crippen LogP contribution in [-0.4, -0.2) is 36.1 Å². The Balaban J connectivity index is 2.09. The van der Waals surface area contributed by atoms with E-state index in [4.69, 9.17) is 16.7 Å². The summed E-state index contributed by atoms with van der Waals surface area (Å²) in [5, 5.41) is 9.00. The highest BCUT2D eigenvalue weighted by atomic mass is 35.5. The van der Waals surface area contributed by atoms with Gasteiger partial charge in [-0.2, -0.15) is 0 Å². The van der Waals surface area contributed by atoms with Crippen LogP contribution in [0.1, 0.15) is 37.7 Å². The molecular weight excluding hydrogens is 305 g/mol. The molecule has 22 heavy (non-hydrogen) atoms. The van der Waals surface area contributed by atoms with Crippen LogP contribution in [0.2, 0.25) is 5.02 Å². The van der Waals surface area contributed by atoms with Crippen LogP contribution in [0.25, 0.3) is 0 Å². The molecule has 1 heterocycles. The summed E-state index contributed by atoms with van der Waals surface area (Å²) in [4.78, 5) is 13.1. The molecule has 0 bridgehead atoms. The number of carboxylic acid groups (broad SMARTS) is 1. The normalized spacial score (nSPS) is 18.3. The number of rotatable bonds is 6. The molecule has 3 nitrogen and oxygen atoms in total. The van der Waals surface area contributed by atoms with Crippen molar-refractivity contribution in [1.82, 2.24) is 4.90 Å². The quantitative estimate of drug-likeness (QED) is 0.859. The maximum absolute atomic E-state index is 13.7. The van der Waals surface area contributed by atoms with E-state index >= 15 is 0 Å². The Morgan fingerprint density at radius 3 is 2.68 bits per heavy atom. The number of benzene rings is 1. The summed E-state index contributed by atoms with van der Waals surface area (Å²) >= 11 is 5.75. The smallest absolute Gasteiger partial charge is 0.303 e. The molecule has 0 saturated carbocycles. The highest BCUT2D eigenvalue weighted by Gasteiger charge is 2.33. The van der Waals surface area contributed by atoms with E-state index < -0.39 is 5.97 Å². The molecule has 1 saturated heterocycles. The van der Waals surface area contributed by atoms with Crippen molar-refractivity contribution in [3.63, 3.8) is 0 Å². The highest BCUT2D eigenvalue weighted by molar-refractivity contribution is 6.30. The lowest BCUT2D eigenvalue weighted by molar-refractivity contribution is -0.137. The number of aliphatic carboxylic acids is 1. The third kappa shape index (κ3) is 4.68. The monoisotopic (exact) mass is 327 g/mol. The third-order valence-corrected chi connectivity index (χ3v) is 5.02. The Kier molecular flexibility index (Phi) is 5.81. The SMILES string of the molecule is CN1CCC(CCCC(=O)O)(Cc2ccc(Cl)c(F)c2)CC1. The van der Waals surface area contributed by atoms with Gasteiger partial charge in [0.15, 0.2) is 0 Å². The number of hydrogen-bond acceptors (Lipinski definition) is 2. The number of halogens is 2. The van der Waals surface area contributed by atoms with Gasteiger partial charge >= 0.3 is 5.97 Å². The summed E-state index contributed by atoms with van der Waals surface area (Å²) in [5.41, 5.74) is 1.02. The zero-order valence-corrected chi connectivity index (χ0v) is 13.7. The molecule has 1 N–H and O–H groups in total. The van der Waals surface area contributed by atoms with E-state index in [0.29, 0.717) is 6.42 Å². The Hall–Kier alpha value is -1.13. The summed E-state index contributed by atoms with van der Waals surface area (Å²) < 4.78 is 13.7. The van der Waals surface area contributed by atoms with Crippen LogP contribution in [0, 0.1) is 11.2 Å². The van der Waals surface area contributed by atoms with Crippen LogP contribution < -0.4 is 0 Å². The van der Waals surface area contributed by atoms with Gasteiger partial charge in [0, 0.05) is 6.42 Å². The van der Waals surface area contributed by atoms with Crippen molar-refractivity contribution in [2.75, 3.05) is 20.1 Å². The van der Waals surface area contributed by atoms with E-state index in [-0.39, 0.29) is 22.7 Å². The first-order chi connectivity index (χ1) is 10.4. The third-order valence-electron chi connectivity index (χ3n) is 4.71. The second-order valence-corrected chi connectivity index (χ2v) is 6.88. The van der Waals surface area contributed by atoms with Crippen LogP contribution >= 0.6 is 11.6 Å². The number of carbonyl (C=O) groups is 1. The number of carboxylic acids is 1. The van der Waals surface area contributed by atoms with E-state index in [0.717, 1.165) is 44.3 Å². The molecule has 1 aliphatic rings. The Morgan fingerprint density at radius 1 is 1.41 bits per heavy atom. The van der Waals surface area contributed by atoms with Crippen LogP contribution in [0.15, 0.2) is 18.2 Å². The van der Waals surface area contributed by atoms with Crippen molar-refractivity contribution < 1.29 is 14.3 Å². The van der Waals surface area contributed by atoms with E-state index in [9.17, 15) is 9.18 Å². The molecular formula is C17H23ClFNO2. The van der Waals surface area contributed by atoms with Gasteiger partial charge in [0.1, 0.15) is 5.82 Å². The molecule has 0 unspecified atom stereocenters. The first-order valence-electron chi connectivity index (χ1n) is 7.74. The summed E-state index contributed by atoms with van der Waals surface area (Å²) in [5.74, 6) is -1.13. The molecule has 0 aliphatic carbocycles. The summed E-state index contributed by atoms with van der Waals surface area (Å²) in [6, 6.07) is 4.99. The highest BCUT2D eigenvalue weighted by Crippen LogP contribution is 2.40. The van der Waals surface area contributed by atoms with Crippen molar-refractivity contribution >= 4 is 17.6 Å². The van der Waals surface area contributed by atoms with Crippen molar-refractivity contribution in [1.29, 1.82) is 0 Å². The van der Waals surface area contributed by atoms with Gasteiger partial charge in [-0.15, -0.1) is 0 Å². The van der Waals surface area contributed by atoms with E-state index in [1.807, 2.05) is 6.07 Å². The van der Waals surface area contributed by atoms with Gasteiger partial charge in [-0.05, 0) is 75.4 Å². The van der Waals surface area contributed by atoms with Gasteiger partial charge in [0.2, 0.25) is 0 Å². The average Bonchev–Trinajstić information content (AvgIpc) is 2.46. The average molecular weight is 328 g/mol. The van der Waals surface area contributed by atoms with E-state index in [1.165, 1.54) is 6.07 Å². The fraction of sp³-hybridized carbons (Fsp3) is 0.588. The van der Waals surface area contributed by atoms with E-state index in [1.54, 1.807) is 6.07 Å². The Labute approximate surface area is 136 Å². The number of hydrogen-bond donors (Lipinski definition) is 1. The summed E-state index contributed by atoms with van der Waals surface area (Å²) in [7, 11) is 2.10. The molecule has 0 spiro atoms. The zero-order valence-electron chi connectivity index (χ0n) is 12.9. The molecule has 0 amide bonds. The second-order valence-electron chi connectivity index (χ2n) is 6.48. The molecule has 0 aromatic heterocycles. The van der Waals surface area contributed by atoms with Gasteiger partial charge in [-0.1, -0.05) is 17.7 Å². The lowest BCUT2D eigenvalue weighted by Crippen LogP contribution is -2.39. The Morgan fingerprint density at radius 2 is 2.09 bits per heavy atom. The van der Waals surface area contributed by atoms with Crippen molar-refractivity contribution in [2.45, 2.75) is 38.5 Å². The first-order valence-corrected chi connectivity index (χ1v) is 8.12. The molecule has 1 fully saturated rings. The molecule has 1 aromatic carbocycles. The van der Waals surface area contributed by atoms with Crippen molar-refractivity contribution in [3.05, 3.63) is 34.6 Å². The summed E-state index contributed by atoms with van der Waals surface area (Å²) in [6.07, 6.45) is 4.58. The Bertz CT molecular complexity index is 527. The molecule has 0 atom stereocenters. The van der Waals surface area contributed by atoms with Crippen LogP contribution in [0.3, 0.4) is 0 Å². The molecule has 2 rings (SSSR count). The zero-order chi connectivity index (χ0) is 16.2. The fourth-order valence-electron chi connectivity index (χ4n) is 3.31. The summed E-state index contributed by atoms with van der Waals surface area (Å²) in [6.45, 7) is 2.01. The molecule has 0 radical (unpaired) electrons. The fourth-order valence-corrected chi connectivity index (χ4v) is 3.42. The lowest BCUT2D eigenvalue weighted by Gasteiger charge is -2.41. The van der Waals surface area contributed by atoms with Gasteiger partial charge in [-0.25, -0.2) is 4.39 Å². The van der Waals surface area contributed by atoms with E-state index in [2.05, 4.69) is 11.9 Å². The molecule has 1 aliphatic heterocycles. The molecule has 122 valence electrons. The number of piperidine rings is 1. The second kappa shape index (κ2) is 7.42. The minimum Gasteiger partial charge on any atom is -0.481 e. The van der Waals surface area contributed by atoms with Crippen LogP contribution in [0.5, 0.6) is 0 Å². The first kappa shape index (κ1) is 17.2. The topological polar surface area (TPSA) is 40.5 Å². The van der Waals surface area contributed by atoms with Gasteiger partial charge in [0.05, 0.1) is 5.02 Å². The predicted octanol–water partition coefficient (Wildman–Crippen LogP) is 3.99. The van der Waals surface area contributed by atoms with Crippen LogP contribution in [0.4, 0.5) is 4.39 Å². The van der Waals surface area contributed by atoms with Crippen molar-refractivity contribution in [2.24, 2.45) is 5.41 Å². The van der Waals surface area contributed by atoms with Gasteiger partial charge < -0.3 is 10.0 Å². The molecule has 5 heteroatoms. The van der Waals surface area contributed by atoms with Gasteiger partial charge in [-0.3, -0.25) is 4.79 Å². The van der Waals surface area contributed by atoms with Crippen molar-refractivity contribution in [3.8, 4) is 0 Å². The number of nitrogens with zero attached hydrogens (tertiary/aromatic N) is 1. The maximum Gasteiger partial charge on any atom is 0.303 e. The largest absolute Gasteiger partial charge is 0.481 e. The van der Waals surface area contributed by atoms with Gasteiger partial charge in [0.25, 0.3) is 0 Å². The molecule has 1 aromatic rings. The minimum atomic E-state index is -0.749. The standard InChI is InChI=1S/C17H23ClFNO2/c1-20-9-7-17(8-10-20,6-2-3-16(21)22)12-13-4-5-14(18)15(19)11-13/h4-5,11H,2-3,6-10,12H2,1H3,(H,21,22). The maximum atomic E-state index is 13.7. The number of likely N-dealkylation sites (tertiary alicyclic amines) is 1. The predicted molar refractivity (Wildman–Crippen MR) is 85.8 cm³/mol.